The summed E-state index contributed by atoms with van der Waals surface area (Å²) in [4.78, 5) is 15.8. The molecule has 6 heteroatoms. The zero-order chi connectivity index (χ0) is 13.8. The average Bonchev–Trinajstić information content (AvgIpc) is 2.81. The fourth-order valence-electron chi connectivity index (χ4n) is 1.57. The molecule has 0 amide bonds. The van der Waals surface area contributed by atoms with Gasteiger partial charge < -0.3 is 10.1 Å². The van der Waals surface area contributed by atoms with Gasteiger partial charge in [-0.05, 0) is 37.6 Å². The van der Waals surface area contributed by atoms with Gasteiger partial charge in [-0.3, -0.25) is 0 Å². The van der Waals surface area contributed by atoms with Crippen molar-refractivity contribution in [3.8, 4) is 0 Å². The van der Waals surface area contributed by atoms with Crippen LogP contribution in [0.4, 0.5) is 10.7 Å². The highest BCUT2D eigenvalue weighted by atomic mass is 79.9. The van der Waals surface area contributed by atoms with Crippen molar-refractivity contribution < 1.29 is 9.53 Å². The number of aryl methyl sites for hydroxylation is 1. The molecule has 2 rings (SSSR count). The van der Waals surface area contributed by atoms with Crippen molar-refractivity contribution in [3.63, 3.8) is 0 Å². The van der Waals surface area contributed by atoms with Gasteiger partial charge in [0.1, 0.15) is 5.00 Å². The van der Waals surface area contributed by atoms with Gasteiger partial charge in [-0.1, -0.05) is 15.9 Å². The summed E-state index contributed by atoms with van der Waals surface area (Å²) in [6.07, 6.45) is 0. The molecule has 1 aromatic heterocycles. The number of ether oxygens (including phenoxy) is 1. The minimum atomic E-state index is -0.402. The first-order valence-electron chi connectivity index (χ1n) is 5.75. The molecule has 1 N–H and O–H groups in total. The second-order valence-corrected chi connectivity index (χ2v) is 5.61. The molecule has 0 saturated heterocycles. The molecule has 100 valence electrons. The molecule has 4 nitrogen and oxygen atoms in total. The molecular weight excluding hydrogens is 328 g/mol. The van der Waals surface area contributed by atoms with Gasteiger partial charge in [-0.25, -0.2) is 9.78 Å². The lowest BCUT2D eigenvalue weighted by Crippen LogP contribution is -2.07. The quantitative estimate of drug-likeness (QED) is 0.850. The number of nitrogens with zero attached hydrogens (tertiary/aromatic N) is 1. The molecule has 0 aliphatic rings. The highest BCUT2D eigenvalue weighted by Gasteiger charge is 2.16. The van der Waals surface area contributed by atoms with Crippen molar-refractivity contribution in [2.75, 3.05) is 11.9 Å². The molecule has 0 fully saturated rings. The van der Waals surface area contributed by atoms with E-state index in [2.05, 4.69) is 26.2 Å². The maximum Gasteiger partial charge on any atom is 0.360 e. The van der Waals surface area contributed by atoms with Crippen molar-refractivity contribution in [1.29, 1.82) is 0 Å². The van der Waals surface area contributed by atoms with Gasteiger partial charge >= 0.3 is 5.97 Å². The predicted octanol–water partition coefficient (Wildman–Crippen LogP) is 4.13. The number of halogens is 1. The number of hydrogen-bond acceptors (Lipinski definition) is 5. The van der Waals surface area contributed by atoms with Crippen LogP contribution in [0.2, 0.25) is 0 Å². The molecule has 0 aliphatic carbocycles. The number of benzene rings is 1. The minimum absolute atomic E-state index is 0.328. The van der Waals surface area contributed by atoms with Crippen molar-refractivity contribution in [1.82, 2.24) is 4.98 Å². The van der Waals surface area contributed by atoms with Gasteiger partial charge in [0.15, 0.2) is 5.69 Å². The summed E-state index contributed by atoms with van der Waals surface area (Å²) in [5, 5.41) is 3.92. The Labute approximate surface area is 124 Å². The van der Waals surface area contributed by atoms with E-state index in [1.165, 1.54) is 11.3 Å². The van der Waals surface area contributed by atoms with Crippen molar-refractivity contribution in [2.24, 2.45) is 0 Å². The molecule has 0 atom stereocenters. The van der Waals surface area contributed by atoms with E-state index in [4.69, 9.17) is 4.74 Å². The minimum Gasteiger partial charge on any atom is -0.461 e. The van der Waals surface area contributed by atoms with Crippen molar-refractivity contribution >= 4 is 43.9 Å². The lowest BCUT2D eigenvalue weighted by Gasteiger charge is -2.09. The lowest BCUT2D eigenvalue weighted by atomic mass is 10.2. The molecule has 0 saturated carbocycles. The zero-order valence-corrected chi connectivity index (χ0v) is 13.0. The van der Waals surface area contributed by atoms with Crippen LogP contribution in [0.1, 0.15) is 23.0 Å². The van der Waals surface area contributed by atoms with Gasteiger partial charge in [0.25, 0.3) is 0 Å². The van der Waals surface area contributed by atoms with Crippen LogP contribution in [-0.2, 0) is 4.74 Å². The van der Waals surface area contributed by atoms with Gasteiger partial charge in [-0.2, -0.15) is 0 Å². The Morgan fingerprint density at radius 3 is 3.00 bits per heavy atom. The molecule has 0 spiro atoms. The molecule has 0 aliphatic heterocycles. The standard InChI is InChI=1S/C13H13BrN2O2S/c1-3-18-13(17)11-12(19-7-15-11)16-10-5-4-9(14)6-8(10)2/h4-7,16H,3H2,1-2H3. The summed E-state index contributed by atoms with van der Waals surface area (Å²) in [5.74, 6) is -0.402. The maximum atomic E-state index is 11.7. The third-order valence-electron chi connectivity index (χ3n) is 2.47. The normalized spacial score (nSPS) is 10.3. The third-order valence-corrected chi connectivity index (χ3v) is 3.71. The lowest BCUT2D eigenvalue weighted by molar-refractivity contribution is 0.0521. The summed E-state index contributed by atoms with van der Waals surface area (Å²) >= 11 is 4.80. The van der Waals surface area contributed by atoms with Gasteiger partial charge in [-0.15, -0.1) is 11.3 Å². The highest BCUT2D eigenvalue weighted by molar-refractivity contribution is 9.10. The number of thiazole rings is 1. The molecule has 0 radical (unpaired) electrons. The van der Waals surface area contributed by atoms with E-state index in [0.717, 1.165) is 15.7 Å². The summed E-state index contributed by atoms with van der Waals surface area (Å²) in [6.45, 7) is 4.11. The first kappa shape index (κ1) is 14.0. The first-order valence-corrected chi connectivity index (χ1v) is 7.43. The number of hydrogen-bond donors (Lipinski definition) is 1. The summed E-state index contributed by atoms with van der Waals surface area (Å²) in [5.41, 5.74) is 3.98. The molecule has 2 aromatic rings. The van der Waals surface area contributed by atoms with E-state index in [1.54, 1.807) is 12.4 Å². The Balaban J connectivity index is 2.24. The van der Waals surface area contributed by atoms with Crippen molar-refractivity contribution in [2.45, 2.75) is 13.8 Å². The fourth-order valence-corrected chi connectivity index (χ4v) is 2.72. The molecule has 19 heavy (non-hydrogen) atoms. The molecule has 0 bridgehead atoms. The highest BCUT2D eigenvalue weighted by Crippen LogP contribution is 2.28. The van der Waals surface area contributed by atoms with Crippen LogP contribution in [0.15, 0.2) is 28.2 Å². The largest absolute Gasteiger partial charge is 0.461 e. The van der Waals surface area contributed by atoms with Crippen LogP contribution < -0.4 is 5.32 Å². The smallest absolute Gasteiger partial charge is 0.360 e. The van der Waals surface area contributed by atoms with Crippen molar-refractivity contribution in [3.05, 3.63) is 39.4 Å². The number of anilines is 2. The Morgan fingerprint density at radius 2 is 2.32 bits per heavy atom. The predicted molar refractivity (Wildman–Crippen MR) is 80.2 cm³/mol. The van der Waals surface area contributed by atoms with E-state index in [-0.39, 0.29) is 0 Å². The van der Waals surface area contributed by atoms with Crippen LogP contribution in [0.25, 0.3) is 0 Å². The van der Waals surface area contributed by atoms with Crippen LogP contribution in [0, 0.1) is 6.92 Å². The topological polar surface area (TPSA) is 51.2 Å². The molecule has 1 heterocycles. The Morgan fingerprint density at radius 1 is 1.53 bits per heavy atom. The number of esters is 1. The van der Waals surface area contributed by atoms with E-state index in [0.29, 0.717) is 17.3 Å². The number of rotatable bonds is 4. The Bertz CT molecular complexity index is 598. The van der Waals surface area contributed by atoms with E-state index in [9.17, 15) is 4.79 Å². The molecule has 1 aromatic carbocycles. The SMILES string of the molecule is CCOC(=O)c1ncsc1Nc1ccc(Br)cc1C. The maximum absolute atomic E-state index is 11.7. The number of nitrogens with one attached hydrogen (secondary N) is 1. The Kier molecular flexibility index (Phi) is 4.55. The van der Waals surface area contributed by atoms with Crippen LogP contribution in [0.5, 0.6) is 0 Å². The number of carbonyl (C=O) groups is 1. The van der Waals surface area contributed by atoms with E-state index < -0.39 is 5.97 Å². The van der Waals surface area contributed by atoms with Crippen LogP contribution in [-0.4, -0.2) is 17.6 Å². The molecule has 0 unspecified atom stereocenters. The monoisotopic (exact) mass is 340 g/mol. The number of aromatic nitrogens is 1. The van der Waals surface area contributed by atoms with Crippen LogP contribution >= 0.6 is 27.3 Å². The van der Waals surface area contributed by atoms with Gasteiger partial charge in [0, 0.05) is 10.2 Å². The average molecular weight is 341 g/mol. The Hall–Kier alpha value is -1.40. The second kappa shape index (κ2) is 6.16. The van der Waals surface area contributed by atoms with E-state index in [1.807, 2.05) is 25.1 Å². The third kappa shape index (κ3) is 3.33. The van der Waals surface area contributed by atoms with Gasteiger partial charge in [0.2, 0.25) is 0 Å². The summed E-state index contributed by atoms with van der Waals surface area (Å²) in [7, 11) is 0. The number of carbonyl (C=O) groups excluding carboxylic acids is 1. The molecular formula is C13H13BrN2O2S. The fraction of sp³-hybridized carbons (Fsp3) is 0.231. The second-order valence-electron chi connectivity index (χ2n) is 3.83. The van der Waals surface area contributed by atoms with Gasteiger partial charge in [0.05, 0.1) is 12.1 Å². The zero-order valence-electron chi connectivity index (χ0n) is 10.6. The summed E-state index contributed by atoms with van der Waals surface area (Å²) < 4.78 is 5.99. The van der Waals surface area contributed by atoms with Crippen LogP contribution in [0.3, 0.4) is 0 Å². The van der Waals surface area contributed by atoms with E-state index >= 15 is 0 Å². The summed E-state index contributed by atoms with van der Waals surface area (Å²) in [6, 6.07) is 5.90. The first-order chi connectivity index (χ1) is 9.11.